The van der Waals surface area contributed by atoms with Crippen LogP contribution >= 0.6 is 23.4 Å². The van der Waals surface area contributed by atoms with Crippen molar-refractivity contribution in [2.45, 2.75) is 14.7 Å². The highest BCUT2D eigenvalue weighted by Gasteiger charge is 2.13. The summed E-state index contributed by atoms with van der Waals surface area (Å²) in [5.74, 6) is 0. The Morgan fingerprint density at radius 3 is 2.45 bits per heavy atom. The van der Waals surface area contributed by atoms with Gasteiger partial charge in [-0.1, -0.05) is 35.5 Å². The van der Waals surface area contributed by atoms with Crippen LogP contribution in [0.2, 0.25) is 5.02 Å². The predicted molar refractivity (Wildman–Crippen MR) is 82.7 cm³/mol. The largest absolute Gasteiger partial charge is 0.398 e. The zero-order chi connectivity index (χ0) is 14.8. The number of halogens is 1. The fourth-order valence-electron chi connectivity index (χ4n) is 1.55. The van der Waals surface area contributed by atoms with Crippen LogP contribution in [0.4, 0.5) is 5.69 Å². The fraction of sp³-hybridized carbons (Fsp3) is 0.0769. The predicted octanol–water partition coefficient (Wildman–Crippen LogP) is 2.98. The van der Waals surface area contributed by atoms with E-state index >= 15 is 0 Å². The summed E-state index contributed by atoms with van der Waals surface area (Å²) in [6, 6.07) is 12.0. The maximum Gasteiger partial charge on any atom is 0.240 e. The summed E-state index contributed by atoms with van der Waals surface area (Å²) in [4.78, 5) is 1.76. The molecule has 0 aliphatic rings. The minimum atomic E-state index is -3.48. The quantitative estimate of drug-likeness (QED) is 0.846. The minimum Gasteiger partial charge on any atom is -0.398 e. The van der Waals surface area contributed by atoms with E-state index in [9.17, 15) is 8.42 Å². The molecule has 0 saturated carbocycles. The molecule has 2 aromatic carbocycles. The Balaban J connectivity index is 2.34. The highest BCUT2D eigenvalue weighted by molar-refractivity contribution is 7.99. The second-order valence-electron chi connectivity index (χ2n) is 3.94. The van der Waals surface area contributed by atoms with Gasteiger partial charge in [0.25, 0.3) is 0 Å². The number of benzene rings is 2. The molecule has 0 aliphatic heterocycles. The van der Waals surface area contributed by atoms with Crippen molar-refractivity contribution in [3.05, 3.63) is 47.5 Å². The van der Waals surface area contributed by atoms with E-state index in [2.05, 4.69) is 4.72 Å². The molecule has 4 nitrogen and oxygen atoms in total. The molecule has 106 valence electrons. The second-order valence-corrected chi connectivity index (χ2v) is 7.32. The first-order chi connectivity index (χ1) is 9.44. The van der Waals surface area contributed by atoms with E-state index in [0.717, 1.165) is 9.79 Å². The molecule has 0 aromatic heterocycles. The number of sulfonamides is 1. The van der Waals surface area contributed by atoms with Gasteiger partial charge in [0.05, 0.1) is 9.92 Å². The Morgan fingerprint density at radius 1 is 1.15 bits per heavy atom. The van der Waals surface area contributed by atoms with Crippen LogP contribution in [0.1, 0.15) is 0 Å². The van der Waals surface area contributed by atoms with Gasteiger partial charge >= 0.3 is 0 Å². The van der Waals surface area contributed by atoms with Gasteiger partial charge in [-0.15, -0.1) is 0 Å². The van der Waals surface area contributed by atoms with Gasteiger partial charge in [-0.3, -0.25) is 0 Å². The summed E-state index contributed by atoms with van der Waals surface area (Å²) < 4.78 is 25.6. The fourth-order valence-corrected chi connectivity index (χ4v) is 3.43. The van der Waals surface area contributed by atoms with Gasteiger partial charge in [0, 0.05) is 15.5 Å². The van der Waals surface area contributed by atoms with Gasteiger partial charge in [0.15, 0.2) is 0 Å². The average molecular weight is 329 g/mol. The van der Waals surface area contributed by atoms with Crippen molar-refractivity contribution in [3.8, 4) is 0 Å². The summed E-state index contributed by atoms with van der Waals surface area (Å²) in [5.41, 5.74) is 6.31. The lowest BCUT2D eigenvalue weighted by molar-refractivity contribution is 0.588. The maximum absolute atomic E-state index is 11.7. The van der Waals surface area contributed by atoms with Gasteiger partial charge < -0.3 is 5.73 Å². The average Bonchev–Trinajstić information content (AvgIpc) is 2.43. The summed E-state index contributed by atoms with van der Waals surface area (Å²) in [6.45, 7) is 0. The molecule has 0 radical (unpaired) electrons. The summed E-state index contributed by atoms with van der Waals surface area (Å²) >= 11 is 7.48. The molecule has 20 heavy (non-hydrogen) atoms. The third kappa shape index (κ3) is 3.27. The van der Waals surface area contributed by atoms with E-state index in [4.69, 9.17) is 17.3 Å². The molecule has 2 aromatic rings. The van der Waals surface area contributed by atoms with Crippen LogP contribution in [0.25, 0.3) is 0 Å². The summed E-state index contributed by atoms with van der Waals surface area (Å²) in [6.07, 6.45) is 0. The molecule has 0 bridgehead atoms. The third-order valence-electron chi connectivity index (χ3n) is 2.62. The molecule has 0 heterocycles. The van der Waals surface area contributed by atoms with Crippen molar-refractivity contribution >= 4 is 39.1 Å². The summed E-state index contributed by atoms with van der Waals surface area (Å²) in [7, 11) is -2.12. The van der Waals surface area contributed by atoms with E-state index in [-0.39, 0.29) is 4.90 Å². The molecule has 0 aliphatic carbocycles. The SMILES string of the molecule is CNS(=O)(=O)c1ccc(Sc2ccccc2Cl)c(N)c1. The molecule has 0 amide bonds. The van der Waals surface area contributed by atoms with Crippen molar-refractivity contribution in [3.63, 3.8) is 0 Å². The highest BCUT2D eigenvalue weighted by atomic mass is 35.5. The molecular formula is C13H13ClN2O2S2. The molecule has 7 heteroatoms. The molecule has 0 fully saturated rings. The third-order valence-corrected chi connectivity index (χ3v) is 5.64. The lowest BCUT2D eigenvalue weighted by Crippen LogP contribution is -2.18. The topological polar surface area (TPSA) is 72.2 Å². The van der Waals surface area contributed by atoms with Crippen LogP contribution in [0, 0.1) is 0 Å². The molecule has 0 saturated heterocycles. The van der Waals surface area contributed by atoms with E-state index in [1.54, 1.807) is 12.1 Å². The Hall–Kier alpha value is -1.21. The van der Waals surface area contributed by atoms with Crippen LogP contribution in [0.5, 0.6) is 0 Å². The van der Waals surface area contributed by atoms with Gasteiger partial charge in [-0.25, -0.2) is 13.1 Å². The monoisotopic (exact) mass is 328 g/mol. The van der Waals surface area contributed by atoms with Crippen molar-refractivity contribution in [1.29, 1.82) is 0 Å². The number of nitrogen functional groups attached to an aromatic ring is 1. The van der Waals surface area contributed by atoms with Crippen LogP contribution in [0.3, 0.4) is 0 Å². The second kappa shape index (κ2) is 6.05. The number of nitrogens with one attached hydrogen (secondary N) is 1. The first-order valence-electron chi connectivity index (χ1n) is 5.69. The van der Waals surface area contributed by atoms with E-state index in [1.807, 2.05) is 18.2 Å². The normalized spacial score (nSPS) is 11.5. The van der Waals surface area contributed by atoms with Crippen molar-refractivity contribution in [2.75, 3.05) is 12.8 Å². The summed E-state index contributed by atoms with van der Waals surface area (Å²) in [5, 5.41) is 0.629. The number of hydrogen-bond donors (Lipinski definition) is 2. The molecule has 0 atom stereocenters. The highest BCUT2D eigenvalue weighted by Crippen LogP contribution is 2.36. The van der Waals surface area contributed by atoms with E-state index in [1.165, 1.54) is 30.9 Å². The van der Waals surface area contributed by atoms with Crippen molar-refractivity contribution in [2.24, 2.45) is 0 Å². The van der Waals surface area contributed by atoms with Crippen molar-refractivity contribution < 1.29 is 8.42 Å². The van der Waals surface area contributed by atoms with Crippen LogP contribution in [-0.2, 0) is 10.0 Å². The Morgan fingerprint density at radius 2 is 1.85 bits per heavy atom. The Bertz CT molecular complexity index is 733. The van der Waals surface area contributed by atoms with Gasteiger partial charge in [-0.2, -0.15) is 0 Å². The van der Waals surface area contributed by atoms with Crippen LogP contribution in [0.15, 0.2) is 57.2 Å². The first kappa shape index (κ1) is 15.2. The minimum absolute atomic E-state index is 0.140. The number of nitrogens with two attached hydrogens (primary N) is 1. The zero-order valence-corrected chi connectivity index (χ0v) is 13.0. The van der Waals surface area contributed by atoms with Gasteiger partial charge in [0.1, 0.15) is 0 Å². The van der Waals surface area contributed by atoms with Gasteiger partial charge in [-0.05, 0) is 37.4 Å². The first-order valence-corrected chi connectivity index (χ1v) is 8.37. The maximum atomic E-state index is 11.7. The molecule has 3 N–H and O–H groups in total. The lowest BCUT2D eigenvalue weighted by atomic mass is 10.3. The number of anilines is 1. The molecule has 0 unspecified atom stereocenters. The van der Waals surface area contributed by atoms with Crippen LogP contribution < -0.4 is 10.5 Å². The van der Waals surface area contributed by atoms with Crippen LogP contribution in [-0.4, -0.2) is 15.5 Å². The molecule has 2 rings (SSSR count). The van der Waals surface area contributed by atoms with Gasteiger partial charge in [0.2, 0.25) is 10.0 Å². The molecular weight excluding hydrogens is 316 g/mol. The number of rotatable bonds is 4. The zero-order valence-electron chi connectivity index (χ0n) is 10.6. The number of hydrogen-bond acceptors (Lipinski definition) is 4. The lowest BCUT2D eigenvalue weighted by Gasteiger charge is -2.09. The van der Waals surface area contributed by atoms with Crippen molar-refractivity contribution in [1.82, 2.24) is 4.72 Å². The Kier molecular flexibility index (Phi) is 4.59. The van der Waals surface area contributed by atoms with E-state index in [0.29, 0.717) is 10.7 Å². The smallest absolute Gasteiger partial charge is 0.240 e. The molecule has 0 spiro atoms. The Labute approximate surface area is 127 Å². The van der Waals surface area contributed by atoms with E-state index < -0.39 is 10.0 Å². The standard InChI is InChI=1S/C13H13ClN2O2S2/c1-16-20(17,18)9-6-7-13(11(15)8-9)19-12-5-3-2-4-10(12)14/h2-8,16H,15H2,1H3.